The van der Waals surface area contributed by atoms with Gasteiger partial charge in [0.15, 0.2) is 0 Å². The van der Waals surface area contributed by atoms with E-state index in [1.54, 1.807) is 0 Å². The third-order valence-electron chi connectivity index (χ3n) is 5.28. The fraction of sp³-hybridized carbons (Fsp3) is 1.00. The summed E-state index contributed by atoms with van der Waals surface area (Å²) >= 11 is 0. The van der Waals surface area contributed by atoms with E-state index < -0.39 is 0 Å². The molecule has 3 fully saturated rings. The van der Waals surface area contributed by atoms with E-state index in [2.05, 4.69) is 22.0 Å². The maximum Gasteiger partial charge on any atom is 0.0113 e. The molecule has 3 aliphatic rings. The van der Waals surface area contributed by atoms with Gasteiger partial charge in [0.2, 0.25) is 0 Å². The Hall–Kier alpha value is -0.120. The van der Waals surface area contributed by atoms with Crippen LogP contribution in [0.4, 0.5) is 0 Å². The summed E-state index contributed by atoms with van der Waals surface area (Å²) in [6.07, 6.45) is 8.62. The molecule has 3 heteroatoms. The first kappa shape index (κ1) is 13.8. The van der Waals surface area contributed by atoms with Crippen molar-refractivity contribution in [2.45, 2.75) is 57.5 Å². The molecule has 110 valence electrons. The Bertz CT molecular complexity index is 267. The molecule has 1 heterocycles. The second-order valence-electron chi connectivity index (χ2n) is 6.85. The number of hydrogen-bond acceptors (Lipinski definition) is 3. The van der Waals surface area contributed by atoms with E-state index in [4.69, 9.17) is 0 Å². The van der Waals surface area contributed by atoms with Crippen LogP contribution >= 0.6 is 0 Å². The molecular formula is C16H31N3. The minimum absolute atomic E-state index is 0.785. The van der Waals surface area contributed by atoms with E-state index in [-0.39, 0.29) is 0 Å². The maximum atomic E-state index is 3.66. The third-order valence-corrected chi connectivity index (χ3v) is 5.28. The fourth-order valence-corrected chi connectivity index (χ4v) is 3.95. The molecule has 0 spiro atoms. The molecule has 2 saturated carbocycles. The zero-order chi connectivity index (χ0) is 13.1. The second-order valence-corrected chi connectivity index (χ2v) is 6.85. The van der Waals surface area contributed by atoms with Crippen LogP contribution in [-0.2, 0) is 0 Å². The summed E-state index contributed by atoms with van der Waals surface area (Å²) in [6.45, 7) is 10.0. The minimum Gasteiger partial charge on any atom is -0.314 e. The monoisotopic (exact) mass is 265 g/mol. The van der Waals surface area contributed by atoms with Crippen molar-refractivity contribution >= 4 is 0 Å². The molecule has 0 amide bonds. The molecule has 2 aliphatic carbocycles. The quantitative estimate of drug-likeness (QED) is 0.819. The van der Waals surface area contributed by atoms with Gasteiger partial charge in [-0.1, -0.05) is 13.3 Å². The number of nitrogens with zero attached hydrogens (tertiary/aromatic N) is 2. The summed E-state index contributed by atoms with van der Waals surface area (Å²) < 4.78 is 0. The van der Waals surface area contributed by atoms with Crippen LogP contribution in [0.5, 0.6) is 0 Å². The van der Waals surface area contributed by atoms with Gasteiger partial charge in [-0.3, -0.25) is 4.90 Å². The molecule has 0 aromatic carbocycles. The molecule has 2 atom stereocenters. The molecule has 0 radical (unpaired) electrons. The van der Waals surface area contributed by atoms with Crippen LogP contribution in [-0.4, -0.2) is 61.2 Å². The van der Waals surface area contributed by atoms with Gasteiger partial charge in [-0.05, 0) is 44.6 Å². The minimum atomic E-state index is 0.785. The lowest BCUT2D eigenvalue weighted by atomic mass is 9.89. The summed E-state index contributed by atoms with van der Waals surface area (Å²) in [5.41, 5.74) is 0. The molecule has 1 N–H and O–H groups in total. The van der Waals surface area contributed by atoms with E-state index in [1.165, 1.54) is 71.2 Å². The van der Waals surface area contributed by atoms with E-state index in [0.29, 0.717) is 0 Å². The first-order valence-electron chi connectivity index (χ1n) is 8.55. The van der Waals surface area contributed by atoms with Gasteiger partial charge < -0.3 is 10.2 Å². The van der Waals surface area contributed by atoms with Crippen molar-refractivity contribution in [3.05, 3.63) is 0 Å². The predicted octanol–water partition coefficient (Wildman–Crippen LogP) is 1.93. The van der Waals surface area contributed by atoms with Crippen LogP contribution in [0.3, 0.4) is 0 Å². The normalized spacial score (nSPS) is 34.6. The van der Waals surface area contributed by atoms with Crippen molar-refractivity contribution in [1.29, 1.82) is 0 Å². The highest BCUT2D eigenvalue weighted by Crippen LogP contribution is 2.30. The van der Waals surface area contributed by atoms with Crippen molar-refractivity contribution in [3.8, 4) is 0 Å². The standard InChI is InChI=1S/C16H31N3/c1-2-17-15-4-3-5-16(12-15)19-10-8-18(9-11-19)13-14-6-7-14/h14-17H,2-13H2,1H3. The lowest BCUT2D eigenvalue weighted by molar-refractivity contribution is 0.0700. The number of nitrogens with one attached hydrogen (secondary N) is 1. The van der Waals surface area contributed by atoms with Gasteiger partial charge in [-0.15, -0.1) is 0 Å². The Morgan fingerprint density at radius 2 is 1.79 bits per heavy atom. The molecule has 3 nitrogen and oxygen atoms in total. The molecule has 1 saturated heterocycles. The third kappa shape index (κ3) is 3.93. The fourth-order valence-electron chi connectivity index (χ4n) is 3.95. The summed E-state index contributed by atoms with van der Waals surface area (Å²) in [5, 5.41) is 3.66. The average molecular weight is 265 g/mol. The van der Waals surface area contributed by atoms with Gasteiger partial charge in [0, 0.05) is 44.8 Å². The van der Waals surface area contributed by atoms with Crippen LogP contribution in [0.1, 0.15) is 45.4 Å². The van der Waals surface area contributed by atoms with Gasteiger partial charge in [0.1, 0.15) is 0 Å². The Labute approximate surface area is 118 Å². The lowest BCUT2D eigenvalue weighted by Crippen LogP contribution is -2.53. The van der Waals surface area contributed by atoms with Gasteiger partial charge in [0.05, 0.1) is 0 Å². The van der Waals surface area contributed by atoms with Gasteiger partial charge in [-0.2, -0.15) is 0 Å². The Morgan fingerprint density at radius 3 is 2.47 bits per heavy atom. The first-order chi connectivity index (χ1) is 9.35. The van der Waals surface area contributed by atoms with Crippen LogP contribution < -0.4 is 5.32 Å². The number of rotatable bonds is 5. The van der Waals surface area contributed by atoms with Gasteiger partial charge in [0.25, 0.3) is 0 Å². The summed E-state index contributed by atoms with van der Waals surface area (Å²) in [7, 11) is 0. The molecule has 2 unspecified atom stereocenters. The molecular weight excluding hydrogens is 234 g/mol. The Kier molecular flexibility index (Phi) is 4.78. The van der Waals surface area contributed by atoms with Crippen molar-refractivity contribution in [1.82, 2.24) is 15.1 Å². The zero-order valence-corrected chi connectivity index (χ0v) is 12.6. The van der Waals surface area contributed by atoms with Crippen LogP contribution in [0.2, 0.25) is 0 Å². The summed E-state index contributed by atoms with van der Waals surface area (Å²) in [6, 6.07) is 1.65. The molecule has 1 aliphatic heterocycles. The molecule has 0 aromatic rings. The van der Waals surface area contributed by atoms with Crippen molar-refractivity contribution in [2.75, 3.05) is 39.3 Å². The largest absolute Gasteiger partial charge is 0.314 e. The van der Waals surface area contributed by atoms with E-state index in [1.807, 2.05) is 0 Å². The smallest absolute Gasteiger partial charge is 0.0113 e. The van der Waals surface area contributed by atoms with Crippen molar-refractivity contribution in [2.24, 2.45) is 5.92 Å². The highest BCUT2D eigenvalue weighted by atomic mass is 15.3. The summed E-state index contributed by atoms with van der Waals surface area (Å²) in [5.74, 6) is 1.05. The summed E-state index contributed by atoms with van der Waals surface area (Å²) in [4.78, 5) is 5.49. The van der Waals surface area contributed by atoms with Gasteiger partial charge >= 0.3 is 0 Å². The van der Waals surface area contributed by atoms with Gasteiger partial charge in [-0.25, -0.2) is 0 Å². The highest BCUT2D eigenvalue weighted by molar-refractivity contribution is 4.87. The molecule has 0 aromatic heterocycles. The zero-order valence-electron chi connectivity index (χ0n) is 12.6. The van der Waals surface area contributed by atoms with Crippen LogP contribution in [0.25, 0.3) is 0 Å². The first-order valence-corrected chi connectivity index (χ1v) is 8.55. The van der Waals surface area contributed by atoms with Crippen molar-refractivity contribution < 1.29 is 0 Å². The van der Waals surface area contributed by atoms with E-state index >= 15 is 0 Å². The van der Waals surface area contributed by atoms with E-state index in [0.717, 1.165) is 24.5 Å². The molecule has 3 rings (SSSR count). The Morgan fingerprint density at radius 1 is 1.00 bits per heavy atom. The SMILES string of the molecule is CCNC1CCCC(N2CCN(CC3CC3)CC2)C1. The highest BCUT2D eigenvalue weighted by Gasteiger charge is 2.30. The second kappa shape index (κ2) is 6.55. The lowest BCUT2D eigenvalue weighted by Gasteiger charge is -2.42. The predicted molar refractivity (Wildman–Crippen MR) is 80.5 cm³/mol. The van der Waals surface area contributed by atoms with Crippen molar-refractivity contribution in [3.63, 3.8) is 0 Å². The molecule has 0 bridgehead atoms. The Balaban J connectivity index is 1.42. The van der Waals surface area contributed by atoms with E-state index in [9.17, 15) is 0 Å². The topological polar surface area (TPSA) is 18.5 Å². The number of piperazine rings is 1. The van der Waals surface area contributed by atoms with Crippen LogP contribution in [0, 0.1) is 5.92 Å². The number of hydrogen-bond donors (Lipinski definition) is 1. The maximum absolute atomic E-state index is 3.66. The average Bonchev–Trinajstić information content (AvgIpc) is 3.24. The molecule has 19 heavy (non-hydrogen) atoms. The van der Waals surface area contributed by atoms with Crippen LogP contribution in [0.15, 0.2) is 0 Å².